The van der Waals surface area contributed by atoms with Gasteiger partial charge in [0.2, 0.25) is 0 Å². The Hall–Kier alpha value is -3.06. The first-order valence-corrected chi connectivity index (χ1v) is 9.83. The van der Waals surface area contributed by atoms with Crippen LogP contribution in [0.15, 0.2) is 65.7 Å². The summed E-state index contributed by atoms with van der Waals surface area (Å²) in [7, 11) is -2.05. The Labute approximate surface area is 159 Å². The molecule has 0 amide bonds. The maximum absolute atomic E-state index is 12.5. The number of aromatic nitrogens is 1. The van der Waals surface area contributed by atoms with E-state index in [1.807, 2.05) is 38.1 Å². The highest BCUT2D eigenvalue weighted by Crippen LogP contribution is 2.28. The number of sulfonamides is 1. The smallest absolute Gasteiger partial charge is 0.261 e. The monoisotopic (exact) mass is 383 g/mol. The summed E-state index contributed by atoms with van der Waals surface area (Å²) in [6, 6.07) is 15.9. The van der Waals surface area contributed by atoms with Gasteiger partial charge >= 0.3 is 0 Å². The van der Waals surface area contributed by atoms with Gasteiger partial charge in [0.1, 0.15) is 11.6 Å². The second-order valence-electron chi connectivity index (χ2n) is 6.18. The SMILES string of the molecule is COc1ccc(C)cc1Nc1ccc(NS(=O)(=O)c2cccc(C)c2)cn1. The maximum Gasteiger partial charge on any atom is 0.261 e. The van der Waals surface area contributed by atoms with Crippen molar-refractivity contribution in [2.75, 3.05) is 17.1 Å². The molecule has 2 aromatic carbocycles. The minimum atomic E-state index is -3.65. The number of anilines is 3. The van der Waals surface area contributed by atoms with Crippen LogP contribution in [0.5, 0.6) is 5.75 Å². The molecule has 0 radical (unpaired) electrons. The molecule has 0 unspecified atom stereocenters. The van der Waals surface area contributed by atoms with Gasteiger partial charge in [0.15, 0.2) is 0 Å². The van der Waals surface area contributed by atoms with Crippen molar-refractivity contribution in [1.29, 1.82) is 0 Å². The van der Waals surface area contributed by atoms with Crippen LogP contribution >= 0.6 is 0 Å². The Morgan fingerprint density at radius 2 is 1.74 bits per heavy atom. The van der Waals surface area contributed by atoms with Crippen molar-refractivity contribution in [3.8, 4) is 5.75 Å². The molecule has 0 atom stereocenters. The number of aryl methyl sites for hydroxylation is 2. The van der Waals surface area contributed by atoms with Crippen molar-refractivity contribution in [2.24, 2.45) is 0 Å². The van der Waals surface area contributed by atoms with Crippen LogP contribution in [0, 0.1) is 13.8 Å². The highest BCUT2D eigenvalue weighted by atomic mass is 32.2. The summed E-state index contributed by atoms with van der Waals surface area (Å²) < 4.78 is 32.8. The number of nitrogens with one attached hydrogen (secondary N) is 2. The van der Waals surface area contributed by atoms with Gasteiger partial charge in [0.25, 0.3) is 10.0 Å². The zero-order valence-corrected chi connectivity index (χ0v) is 16.2. The molecule has 0 spiro atoms. The summed E-state index contributed by atoms with van der Waals surface area (Å²) in [4.78, 5) is 4.50. The number of hydrogen-bond donors (Lipinski definition) is 2. The number of methoxy groups -OCH3 is 1. The molecule has 0 aliphatic carbocycles. The fraction of sp³-hybridized carbons (Fsp3) is 0.150. The maximum atomic E-state index is 12.5. The van der Waals surface area contributed by atoms with Crippen molar-refractivity contribution in [1.82, 2.24) is 4.98 Å². The highest BCUT2D eigenvalue weighted by molar-refractivity contribution is 7.92. The first kappa shape index (κ1) is 18.7. The minimum Gasteiger partial charge on any atom is -0.495 e. The molecule has 1 aromatic heterocycles. The number of hydrogen-bond acceptors (Lipinski definition) is 5. The lowest BCUT2D eigenvalue weighted by molar-refractivity contribution is 0.416. The van der Waals surface area contributed by atoms with Gasteiger partial charge < -0.3 is 10.1 Å². The molecule has 6 nitrogen and oxygen atoms in total. The summed E-state index contributed by atoms with van der Waals surface area (Å²) in [5.41, 5.74) is 3.14. The van der Waals surface area contributed by atoms with Gasteiger partial charge in [-0.3, -0.25) is 4.72 Å². The highest BCUT2D eigenvalue weighted by Gasteiger charge is 2.14. The molecular weight excluding hydrogens is 362 g/mol. The Morgan fingerprint density at radius 1 is 0.963 bits per heavy atom. The first-order valence-electron chi connectivity index (χ1n) is 8.34. The van der Waals surface area contributed by atoms with E-state index in [-0.39, 0.29) is 4.90 Å². The van der Waals surface area contributed by atoms with E-state index >= 15 is 0 Å². The average molecular weight is 383 g/mol. The lowest BCUT2D eigenvalue weighted by Crippen LogP contribution is -2.13. The Morgan fingerprint density at radius 3 is 2.41 bits per heavy atom. The predicted molar refractivity (Wildman–Crippen MR) is 107 cm³/mol. The van der Waals surface area contributed by atoms with Crippen LogP contribution < -0.4 is 14.8 Å². The molecule has 0 bridgehead atoms. The third-order valence-corrected chi connectivity index (χ3v) is 5.31. The van der Waals surface area contributed by atoms with Gasteiger partial charge in [0.05, 0.1) is 29.6 Å². The van der Waals surface area contributed by atoms with E-state index in [1.165, 1.54) is 6.20 Å². The molecule has 2 N–H and O–H groups in total. The molecule has 7 heteroatoms. The summed E-state index contributed by atoms with van der Waals surface area (Å²) in [6.07, 6.45) is 1.47. The lowest BCUT2D eigenvalue weighted by Gasteiger charge is -2.12. The number of ether oxygens (including phenoxy) is 1. The van der Waals surface area contributed by atoms with Crippen LogP contribution in [0.2, 0.25) is 0 Å². The molecule has 0 fully saturated rings. The topological polar surface area (TPSA) is 80.3 Å². The van der Waals surface area contributed by atoms with E-state index in [0.717, 1.165) is 16.8 Å². The van der Waals surface area contributed by atoms with Gasteiger partial charge in [-0.05, 0) is 61.4 Å². The zero-order valence-electron chi connectivity index (χ0n) is 15.4. The molecule has 0 saturated heterocycles. The van der Waals surface area contributed by atoms with E-state index in [1.54, 1.807) is 37.4 Å². The van der Waals surface area contributed by atoms with E-state index in [9.17, 15) is 8.42 Å². The number of rotatable bonds is 6. The van der Waals surface area contributed by atoms with E-state index in [4.69, 9.17) is 4.74 Å². The number of benzene rings is 2. The van der Waals surface area contributed by atoms with Crippen molar-refractivity contribution in [3.63, 3.8) is 0 Å². The third kappa shape index (κ3) is 4.57. The second-order valence-corrected chi connectivity index (χ2v) is 7.87. The van der Waals surface area contributed by atoms with E-state index in [0.29, 0.717) is 17.3 Å². The van der Waals surface area contributed by atoms with Crippen LogP contribution in [0.25, 0.3) is 0 Å². The van der Waals surface area contributed by atoms with E-state index in [2.05, 4.69) is 15.0 Å². The van der Waals surface area contributed by atoms with Crippen LogP contribution in [-0.2, 0) is 10.0 Å². The van der Waals surface area contributed by atoms with Crippen LogP contribution in [0.4, 0.5) is 17.2 Å². The molecule has 27 heavy (non-hydrogen) atoms. The molecule has 3 rings (SSSR count). The number of pyridine rings is 1. The van der Waals surface area contributed by atoms with E-state index < -0.39 is 10.0 Å². The summed E-state index contributed by atoms with van der Waals surface area (Å²) in [5.74, 6) is 1.28. The van der Waals surface area contributed by atoms with Crippen LogP contribution in [-0.4, -0.2) is 20.5 Å². The fourth-order valence-corrected chi connectivity index (χ4v) is 3.73. The van der Waals surface area contributed by atoms with Crippen molar-refractivity contribution >= 4 is 27.2 Å². The molecule has 1 heterocycles. The Kier molecular flexibility index (Phi) is 5.32. The van der Waals surface area contributed by atoms with Gasteiger partial charge in [-0.2, -0.15) is 0 Å². The van der Waals surface area contributed by atoms with Crippen molar-refractivity contribution in [3.05, 3.63) is 71.9 Å². The Balaban J connectivity index is 1.77. The molecule has 0 saturated carbocycles. The summed E-state index contributed by atoms with van der Waals surface area (Å²) >= 11 is 0. The summed E-state index contributed by atoms with van der Waals surface area (Å²) in [5, 5.41) is 3.18. The van der Waals surface area contributed by atoms with Gasteiger partial charge in [-0.15, -0.1) is 0 Å². The van der Waals surface area contributed by atoms with Crippen LogP contribution in [0.3, 0.4) is 0 Å². The molecule has 0 aliphatic rings. The predicted octanol–water partition coefficient (Wildman–Crippen LogP) is 4.25. The van der Waals surface area contributed by atoms with Crippen molar-refractivity contribution in [2.45, 2.75) is 18.7 Å². The second kappa shape index (κ2) is 7.67. The van der Waals surface area contributed by atoms with Gasteiger partial charge in [-0.25, -0.2) is 13.4 Å². The van der Waals surface area contributed by atoms with Crippen LogP contribution in [0.1, 0.15) is 11.1 Å². The molecule has 140 valence electrons. The summed E-state index contributed by atoms with van der Waals surface area (Å²) in [6.45, 7) is 3.84. The van der Waals surface area contributed by atoms with Gasteiger partial charge in [-0.1, -0.05) is 18.2 Å². The molecule has 3 aromatic rings. The van der Waals surface area contributed by atoms with Crippen molar-refractivity contribution < 1.29 is 13.2 Å². The normalized spacial score (nSPS) is 11.1. The number of nitrogens with zero attached hydrogens (tertiary/aromatic N) is 1. The molecular formula is C20H21N3O3S. The Bertz CT molecular complexity index is 1050. The quantitative estimate of drug-likeness (QED) is 0.665. The fourth-order valence-electron chi connectivity index (χ4n) is 2.58. The standard InChI is InChI=1S/C20H21N3O3S/c1-14-5-4-6-17(11-14)27(24,25)23-16-8-10-20(21-13-16)22-18-12-15(2)7-9-19(18)26-3/h4-13,23H,1-3H3,(H,21,22). The zero-order chi connectivity index (χ0) is 19.4. The van der Waals surface area contributed by atoms with Gasteiger partial charge in [0, 0.05) is 0 Å². The molecule has 0 aliphatic heterocycles. The largest absolute Gasteiger partial charge is 0.495 e. The lowest BCUT2D eigenvalue weighted by atomic mass is 10.2. The third-order valence-electron chi connectivity index (χ3n) is 3.93. The average Bonchev–Trinajstić information content (AvgIpc) is 2.63. The first-order chi connectivity index (χ1) is 12.9. The minimum absolute atomic E-state index is 0.217.